The average Bonchev–Trinajstić information content (AvgIpc) is 2.53. The minimum absolute atomic E-state index is 0.589. The molecule has 122 valence electrons. The smallest absolute Gasteiger partial charge is 0.0899 e. The van der Waals surface area contributed by atoms with Crippen LogP contribution in [-0.2, 0) is 4.74 Å². The summed E-state index contributed by atoms with van der Waals surface area (Å²) in [5.41, 5.74) is 4.09. The molecule has 1 aromatic rings. The molecule has 0 aliphatic carbocycles. The first-order valence-electron chi connectivity index (χ1n) is 7.93. The summed E-state index contributed by atoms with van der Waals surface area (Å²) >= 11 is 0. The molecule has 0 saturated carbocycles. The minimum atomic E-state index is 0.589. The van der Waals surface area contributed by atoms with Crippen LogP contribution in [0.2, 0.25) is 0 Å². The van der Waals surface area contributed by atoms with Crippen LogP contribution in [0, 0.1) is 12.8 Å². The number of hydrogen-bond donors (Lipinski definition) is 2. The summed E-state index contributed by atoms with van der Waals surface area (Å²) in [5, 5.41) is 7.09. The Morgan fingerprint density at radius 1 is 1.45 bits per heavy atom. The maximum Gasteiger partial charge on any atom is 0.0899 e. The van der Waals surface area contributed by atoms with Gasteiger partial charge in [0.05, 0.1) is 5.71 Å². The van der Waals surface area contributed by atoms with Crippen molar-refractivity contribution >= 4 is 11.4 Å². The maximum atomic E-state index is 5.58. The third-order valence-electron chi connectivity index (χ3n) is 3.71. The molecule has 0 fully saturated rings. The Balaban J connectivity index is 2.67. The average molecular weight is 303 g/mol. The van der Waals surface area contributed by atoms with E-state index >= 15 is 0 Å². The second-order valence-electron chi connectivity index (χ2n) is 5.52. The molecule has 3 N–H and O–H groups in total. The molecular weight excluding hydrogens is 274 g/mol. The van der Waals surface area contributed by atoms with Gasteiger partial charge in [0.15, 0.2) is 0 Å². The lowest BCUT2D eigenvalue weighted by Crippen LogP contribution is -2.05. The van der Waals surface area contributed by atoms with Crippen molar-refractivity contribution in [1.82, 2.24) is 0 Å². The standard InChI is InChI=1S/C18H29N3O/c1-5-22-12-11-14(2)7-6-8-18(21-19)17-13-16(20-4)10-9-15(17)3/h6,8-10,13-14,20H,5,7,11-12,19H2,1-4H3/b8-6+,21-18+. The van der Waals surface area contributed by atoms with Crippen LogP contribution in [-0.4, -0.2) is 26.0 Å². The van der Waals surface area contributed by atoms with Crippen LogP contribution in [0.1, 0.15) is 37.8 Å². The fourth-order valence-corrected chi connectivity index (χ4v) is 2.21. The minimum Gasteiger partial charge on any atom is -0.388 e. The van der Waals surface area contributed by atoms with E-state index in [1.807, 2.05) is 26.1 Å². The van der Waals surface area contributed by atoms with Crippen molar-refractivity contribution in [2.75, 3.05) is 25.6 Å². The van der Waals surface area contributed by atoms with Gasteiger partial charge in [0.25, 0.3) is 0 Å². The van der Waals surface area contributed by atoms with Gasteiger partial charge >= 0.3 is 0 Å². The zero-order chi connectivity index (χ0) is 16.4. The zero-order valence-electron chi connectivity index (χ0n) is 14.2. The molecule has 22 heavy (non-hydrogen) atoms. The van der Waals surface area contributed by atoms with Crippen molar-refractivity contribution in [3.63, 3.8) is 0 Å². The van der Waals surface area contributed by atoms with Gasteiger partial charge in [-0.15, -0.1) is 0 Å². The van der Waals surface area contributed by atoms with E-state index in [1.54, 1.807) is 0 Å². The highest BCUT2D eigenvalue weighted by Crippen LogP contribution is 2.17. The van der Waals surface area contributed by atoms with E-state index in [4.69, 9.17) is 10.6 Å². The van der Waals surface area contributed by atoms with E-state index in [9.17, 15) is 0 Å². The molecule has 4 heteroatoms. The molecule has 1 rings (SSSR count). The number of ether oxygens (including phenoxy) is 1. The highest BCUT2D eigenvalue weighted by Gasteiger charge is 2.06. The van der Waals surface area contributed by atoms with E-state index in [2.05, 4.69) is 42.5 Å². The molecule has 0 spiro atoms. The molecule has 0 bridgehead atoms. The molecule has 1 aromatic carbocycles. The van der Waals surface area contributed by atoms with Gasteiger partial charge in [-0.05, 0) is 56.4 Å². The number of benzene rings is 1. The van der Waals surface area contributed by atoms with Crippen LogP contribution in [0.15, 0.2) is 35.5 Å². The summed E-state index contributed by atoms with van der Waals surface area (Å²) < 4.78 is 5.39. The molecule has 0 aliphatic rings. The number of rotatable bonds is 9. The molecule has 0 radical (unpaired) electrons. The Hall–Kier alpha value is -1.81. The predicted molar refractivity (Wildman–Crippen MR) is 95.5 cm³/mol. The summed E-state index contributed by atoms with van der Waals surface area (Å²) in [4.78, 5) is 0. The van der Waals surface area contributed by atoms with Gasteiger partial charge in [-0.25, -0.2) is 0 Å². The van der Waals surface area contributed by atoms with Crippen molar-refractivity contribution in [3.8, 4) is 0 Å². The second kappa shape index (κ2) is 10.0. The molecule has 0 aliphatic heterocycles. The summed E-state index contributed by atoms with van der Waals surface area (Å²) in [6, 6.07) is 6.20. The number of allylic oxidation sites excluding steroid dienone is 2. The Labute approximate surface area is 134 Å². The van der Waals surface area contributed by atoms with Crippen molar-refractivity contribution < 1.29 is 4.74 Å². The Morgan fingerprint density at radius 2 is 2.23 bits per heavy atom. The highest BCUT2D eigenvalue weighted by molar-refractivity contribution is 6.09. The first kappa shape index (κ1) is 18.2. The number of nitrogens with one attached hydrogen (secondary N) is 1. The predicted octanol–water partition coefficient (Wildman–Crippen LogP) is 3.71. The molecule has 1 atom stereocenters. The lowest BCUT2D eigenvalue weighted by molar-refractivity contribution is 0.134. The quantitative estimate of drug-likeness (QED) is 0.316. The number of hydrazone groups is 1. The third kappa shape index (κ3) is 5.90. The first-order chi connectivity index (χ1) is 10.6. The van der Waals surface area contributed by atoms with Crippen molar-refractivity contribution in [3.05, 3.63) is 41.5 Å². The zero-order valence-corrected chi connectivity index (χ0v) is 14.2. The van der Waals surface area contributed by atoms with Crippen molar-refractivity contribution in [2.24, 2.45) is 16.9 Å². The Morgan fingerprint density at radius 3 is 2.86 bits per heavy atom. The van der Waals surface area contributed by atoms with Gasteiger partial charge in [0.2, 0.25) is 0 Å². The second-order valence-corrected chi connectivity index (χ2v) is 5.52. The van der Waals surface area contributed by atoms with Gasteiger partial charge in [0.1, 0.15) is 0 Å². The third-order valence-corrected chi connectivity index (χ3v) is 3.71. The van der Waals surface area contributed by atoms with E-state index in [1.165, 1.54) is 0 Å². The highest BCUT2D eigenvalue weighted by atomic mass is 16.5. The molecule has 0 saturated heterocycles. The van der Waals surface area contributed by atoms with Gasteiger partial charge in [-0.1, -0.05) is 19.1 Å². The van der Waals surface area contributed by atoms with Crippen molar-refractivity contribution in [1.29, 1.82) is 0 Å². The molecule has 0 amide bonds. The lowest BCUT2D eigenvalue weighted by Gasteiger charge is -2.10. The van der Waals surface area contributed by atoms with E-state index < -0.39 is 0 Å². The molecular formula is C18H29N3O. The molecule has 0 aromatic heterocycles. The van der Waals surface area contributed by atoms with Crippen molar-refractivity contribution in [2.45, 2.75) is 33.6 Å². The fraction of sp³-hybridized carbons (Fsp3) is 0.500. The monoisotopic (exact) mass is 303 g/mol. The number of hydrogen-bond acceptors (Lipinski definition) is 4. The van der Waals surface area contributed by atoms with Gasteiger partial charge in [0, 0.05) is 31.5 Å². The van der Waals surface area contributed by atoms with Gasteiger partial charge < -0.3 is 15.9 Å². The van der Waals surface area contributed by atoms with E-state index in [0.29, 0.717) is 5.92 Å². The lowest BCUT2D eigenvalue weighted by atomic mass is 10.0. The molecule has 0 heterocycles. The van der Waals surface area contributed by atoms with Gasteiger partial charge in [-0.2, -0.15) is 5.10 Å². The van der Waals surface area contributed by atoms with Crippen LogP contribution < -0.4 is 11.2 Å². The van der Waals surface area contributed by atoms with E-state index in [-0.39, 0.29) is 0 Å². The normalized spacial score (nSPS) is 13.5. The molecule has 4 nitrogen and oxygen atoms in total. The van der Waals surface area contributed by atoms with Crippen LogP contribution >= 0.6 is 0 Å². The number of nitrogens with two attached hydrogens (primary N) is 1. The molecule has 1 unspecified atom stereocenters. The topological polar surface area (TPSA) is 59.6 Å². The SMILES string of the molecule is CCOCCC(C)C/C=C/C(=N\N)c1cc(NC)ccc1C. The van der Waals surface area contributed by atoms with Crippen LogP contribution in [0.4, 0.5) is 5.69 Å². The Bertz CT molecular complexity index is 509. The fourth-order valence-electron chi connectivity index (χ4n) is 2.21. The summed E-state index contributed by atoms with van der Waals surface area (Å²) in [5.74, 6) is 6.17. The van der Waals surface area contributed by atoms with Crippen LogP contribution in [0.3, 0.4) is 0 Å². The maximum absolute atomic E-state index is 5.58. The van der Waals surface area contributed by atoms with Crippen LogP contribution in [0.5, 0.6) is 0 Å². The van der Waals surface area contributed by atoms with Crippen LogP contribution in [0.25, 0.3) is 0 Å². The largest absolute Gasteiger partial charge is 0.388 e. The van der Waals surface area contributed by atoms with Gasteiger partial charge in [-0.3, -0.25) is 0 Å². The number of aryl methyl sites for hydroxylation is 1. The summed E-state index contributed by atoms with van der Waals surface area (Å²) in [7, 11) is 1.91. The Kier molecular flexibility index (Phi) is 8.30. The number of nitrogens with zero attached hydrogens (tertiary/aromatic N) is 1. The number of anilines is 1. The summed E-state index contributed by atoms with van der Waals surface area (Å²) in [6.45, 7) is 7.93. The van der Waals surface area contributed by atoms with E-state index in [0.717, 1.165) is 48.6 Å². The summed E-state index contributed by atoms with van der Waals surface area (Å²) in [6.07, 6.45) is 6.23. The first-order valence-corrected chi connectivity index (χ1v) is 7.93.